The molecule has 0 spiro atoms. The number of rotatable bonds is 4. The lowest BCUT2D eigenvalue weighted by atomic mass is 10.1. The monoisotopic (exact) mass is 386 g/mol. The molecule has 2 aliphatic heterocycles. The highest BCUT2D eigenvalue weighted by molar-refractivity contribution is 7.81. The molecule has 0 radical (unpaired) electrons. The molecule has 2 aliphatic rings. The van der Waals surface area contributed by atoms with Crippen LogP contribution < -0.4 is 5.32 Å². The van der Waals surface area contributed by atoms with Gasteiger partial charge in [0.05, 0.1) is 6.10 Å². The molecule has 0 aliphatic carbocycles. The van der Waals surface area contributed by atoms with Gasteiger partial charge in [0, 0.05) is 37.3 Å². The summed E-state index contributed by atoms with van der Waals surface area (Å²) >= 11 is 4.42. The summed E-state index contributed by atoms with van der Waals surface area (Å²) in [5.41, 5.74) is 0. The number of amidine groups is 1. The Hall–Kier alpha value is -1.94. The van der Waals surface area contributed by atoms with E-state index in [1.165, 1.54) is 11.0 Å². The molecule has 146 valence electrons. The molecule has 2 fully saturated rings. The first-order valence-corrected chi connectivity index (χ1v) is 9.13. The van der Waals surface area contributed by atoms with Gasteiger partial charge >= 0.3 is 12.1 Å². The maximum Gasteiger partial charge on any atom is 0.410 e. The Labute approximate surface area is 158 Å². The van der Waals surface area contributed by atoms with E-state index >= 15 is 0 Å². The van der Waals surface area contributed by atoms with Gasteiger partial charge in [-0.1, -0.05) is 17.8 Å². The molecule has 26 heavy (non-hydrogen) atoms. The van der Waals surface area contributed by atoms with Gasteiger partial charge in [-0.25, -0.2) is 9.59 Å². The van der Waals surface area contributed by atoms with E-state index in [2.05, 4.69) is 29.7 Å². The van der Waals surface area contributed by atoms with Crippen molar-refractivity contribution < 1.29 is 24.6 Å². The van der Waals surface area contributed by atoms with Crippen LogP contribution in [0, 0.1) is 0 Å². The third-order valence-corrected chi connectivity index (χ3v) is 4.88. The van der Waals surface area contributed by atoms with Crippen molar-refractivity contribution in [2.45, 2.75) is 43.1 Å². The van der Waals surface area contributed by atoms with E-state index in [1.807, 2.05) is 0 Å². The van der Waals surface area contributed by atoms with Gasteiger partial charge in [0.1, 0.15) is 6.61 Å². The van der Waals surface area contributed by atoms with Crippen LogP contribution in [0.1, 0.15) is 25.7 Å². The predicted molar refractivity (Wildman–Crippen MR) is 98.6 cm³/mol. The first-order valence-electron chi connectivity index (χ1n) is 8.61. The van der Waals surface area contributed by atoms with Crippen molar-refractivity contribution >= 4 is 30.6 Å². The second-order valence-electron chi connectivity index (χ2n) is 6.46. The van der Waals surface area contributed by atoms with E-state index in [0.29, 0.717) is 38.9 Å². The minimum atomic E-state index is -0.486. The number of urea groups is 1. The number of piperidine rings is 1. The highest BCUT2D eigenvalue weighted by atomic mass is 32.1. The van der Waals surface area contributed by atoms with Crippen LogP contribution in [-0.2, 0) is 4.74 Å². The van der Waals surface area contributed by atoms with E-state index < -0.39 is 6.09 Å². The lowest BCUT2D eigenvalue weighted by molar-refractivity contribution is 0.0948. The lowest BCUT2D eigenvalue weighted by Crippen LogP contribution is -2.48. The number of oxime groups is 1. The highest BCUT2D eigenvalue weighted by Crippen LogP contribution is 2.25. The van der Waals surface area contributed by atoms with Gasteiger partial charge in [-0.05, 0) is 19.3 Å². The Balaban J connectivity index is 1.92. The summed E-state index contributed by atoms with van der Waals surface area (Å²) < 4.78 is 5.07. The third kappa shape index (κ3) is 5.53. The Bertz CT molecular complexity index is 551. The Morgan fingerprint density at radius 1 is 1.38 bits per heavy atom. The second kappa shape index (κ2) is 9.67. The molecule has 3 amide bonds. The van der Waals surface area contributed by atoms with E-state index in [0.717, 1.165) is 0 Å². The molecule has 2 atom stereocenters. The molecule has 0 unspecified atom stereocenters. The largest absolute Gasteiger partial charge is 0.445 e. The molecule has 0 aromatic rings. The van der Waals surface area contributed by atoms with E-state index in [9.17, 15) is 19.9 Å². The number of likely N-dealkylation sites (tertiary alicyclic amines) is 2. The van der Waals surface area contributed by atoms with Crippen molar-refractivity contribution in [3.05, 3.63) is 12.7 Å². The van der Waals surface area contributed by atoms with Crippen LogP contribution in [0.4, 0.5) is 9.59 Å². The van der Waals surface area contributed by atoms with Crippen molar-refractivity contribution in [3.63, 3.8) is 0 Å². The zero-order chi connectivity index (χ0) is 19.1. The first-order chi connectivity index (χ1) is 12.4. The van der Waals surface area contributed by atoms with Crippen LogP contribution in [0.15, 0.2) is 17.8 Å². The third-order valence-electron chi connectivity index (χ3n) is 4.50. The molecule has 2 rings (SSSR count). The van der Waals surface area contributed by atoms with E-state index in [1.54, 1.807) is 4.90 Å². The van der Waals surface area contributed by atoms with Gasteiger partial charge in [-0.15, -0.1) is 0 Å². The number of carbonyl (C=O) groups is 2. The molecule has 0 aromatic heterocycles. The van der Waals surface area contributed by atoms with Crippen molar-refractivity contribution in [1.29, 1.82) is 0 Å². The fraction of sp³-hybridized carbons (Fsp3) is 0.688. The topological polar surface area (TPSA) is 115 Å². The summed E-state index contributed by atoms with van der Waals surface area (Å²) in [5, 5.41) is 24.5. The van der Waals surface area contributed by atoms with Crippen LogP contribution in [-0.4, -0.2) is 81.7 Å². The predicted octanol–water partition coefficient (Wildman–Crippen LogP) is 1.03. The molecular weight excluding hydrogens is 360 g/mol. The summed E-state index contributed by atoms with van der Waals surface area (Å²) in [7, 11) is 0. The van der Waals surface area contributed by atoms with E-state index in [-0.39, 0.29) is 42.3 Å². The maximum absolute atomic E-state index is 12.3. The molecule has 2 heterocycles. The van der Waals surface area contributed by atoms with Crippen LogP contribution in [0.3, 0.4) is 0 Å². The SMILES string of the molecule is C=CCOC(=O)N1C[C@@H](S)C[C@H]1C/C(=N/O)NC(=O)N1CCC(O)CC1. The molecule has 0 saturated carbocycles. The van der Waals surface area contributed by atoms with Crippen molar-refractivity contribution in [2.75, 3.05) is 26.2 Å². The summed E-state index contributed by atoms with van der Waals surface area (Å²) in [4.78, 5) is 27.5. The Kier molecular flexibility index (Phi) is 7.58. The summed E-state index contributed by atoms with van der Waals surface area (Å²) in [6.07, 6.45) is 2.43. The molecule has 9 nitrogen and oxygen atoms in total. The number of hydrogen-bond acceptors (Lipinski definition) is 7. The zero-order valence-electron chi connectivity index (χ0n) is 14.6. The fourth-order valence-electron chi connectivity index (χ4n) is 3.13. The number of ether oxygens (including phenoxy) is 1. The lowest BCUT2D eigenvalue weighted by Gasteiger charge is -2.30. The summed E-state index contributed by atoms with van der Waals surface area (Å²) in [6.45, 7) is 4.91. The van der Waals surface area contributed by atoms with Gasteiger partial charge < -0.3 is 24.9 Å². The molecular formula is C16H26N4O5S. The smallest absolute Gasteiger partial charge is 0.410 e. The van der Waals surface area contributed by atoms with E-state index in [4.69, 9.17) is 4.74 Å². The van der Waals surface area contributed by atoms with Crippen molar-refractivity contribution in [1.82, 2.24) is 15.1 Å². The van der Waals surface area contributed by atoms with Gasteiger partial charge in [0.2, 0.25) is 0 Å². The summed E-state index contributed by atoms with van der Waals surface area (Å²) in [5.74, 6) is 0.0788. The van der Waals surface area contributed by atoms with Crippen LogP contribution in [0.2, 0.25) is 0 Å². The molecule has 0 bridgehead atoms. The van der Waals surface area contributed by atoms with Gasteiger partial charge in [0.25, 0.3) is 0 Å². The Morgan fingerprint density at radius 2 is 2.08 bits per heavy atom. The fourth-order valence-corrected chi connectivity index (χ4v) is 3.55. The number of hydrogen-bond donors (Lipinski definition) is 4. The molecule has 10 heteroatoms. The molecule has 2 saturated heterocycles. The minimum Gasteiger partial charge on any atom is -0.445 e. The quantitative estimate of drug-likeness (QED) is 0.144. The highest BCUT2D eigenvalue weighted by Gasteiger charge is 2.36. The second-order valence-corrected chi connectivity index (χ2v) is 7.19. The maximum atomic E-state index is 12.3. The van der Waals surface area contributed by atoms with Crippen molar-refractivity contribution in [3.8, 4) is 0 Å². The van der Waals surface area contributed by atoms with Crippen molar-refractivity contribution in [2.24, 2.45) is 5.16 Å². The average Bonchev–Trinajstić information content (AvgIpc) is 2.99. The molecule has 0 aromatic carbocycles. The number of nitrogens with one attached hydrogen (secondary N) is 1. The number of aliphatic hydroxyl groups is 1. The number of amides is 3. The van der Waals surface area contributed by atoms with Gasteiger partial charge in [-0.2, -0.15) is 12.6 Å². The standard InChI is InChI=1S/C16H26N4O5S/c1-2-7-25-16(23)20-10-13(26)8-11(20)9-14(18-24)17-15(22)19-5-3-12(21)4-6-19/h2,11-13,21,24,26H,1,3-10H2,(H,17,18,22)/t11-,13-/m0/s1. The van der Waals surface area contributed by atoms with Crippen LogP contribution >= 0.6 is 12.6 Å². The number of aliphatic hydroxyl groups excluding tert-OH is 1. The first kappa shape index (κ1) is 20.4. The van der Waals surface area contributed by atoms with Crippen LogP contribution in [0.25, 0.3) is 0 Å². The van der Waals surface area contributed by atoms with Gasteiger partial charge in [-0.3, -0.25) is 5.32 Å². The normalized spacial score (nSPS) is 24.5. The minimum absolute atomic E-state index is 0.0180. The Morgan fingerprint density at radius 3 is 2.69 bits per heavy atom. The number of carbonyl (C=O) groups excluding carboxylic acids is 2. The van der Waals surface area contributed by atoms with Crippen LogP contribution in [0.5, 0.6) is 0 Å². The number of nitrogens with zero attached hydrogens (tertiary/aromatic N) is 3. The molecule has 3 N–H and O–H groups in total. The zero-order valence-corrected chi connectivity index (χ0v) is 15.5. The summed E-state index contributed by atoms with van der Waals surface area (Å²) in [6, 6.07) is -0.671. The average molecular weight is 386 g/mol. The van der Waals surface area contributed by atoms with Gasteiger partial charge in [0.15, 0.2) is 5.84 Å². The number of thiol groups is 1.